The van der Waals surface area contributed by atoms with Gasteiger partial charge in [0.2, 0.25) is 0 Å². The van der Waals surface area contributed by atoms with Gasteiger partial charge in [0.25, 0.3) is 5.08 Å². The molecule has 0 aromatic carbocycles. The highest BCUT2D eigenvalue weighted by Crippen LogP contribution is 2.69. The molecule has 118 valence electrons. The molecule has 0 rings (SSSR count). The summed E-state index contributed by atoms with van der Waals surface area (Å²) in [5, 5.41) is 5.50. The molecule has 0 fully saturated rings. The first-order valence-corrected chi connectivity index (χ1v) is 8.66. The fraction of sp³-hybridized carbons (Fsp3) is 1.00. The fourth-order valence-electron chi connectivity index (χ4n) is 1.42. The van der Waals surface area contributed by atoms with Gasteiger partial charge in [0.15, 0.2) is 0 Å². The van der Waals surface area contributed by atoms with Gasteiger partial charge in [0.1, 0.15) is 0 Å². The lowest BCUT2D eigenvalue weighted by atomic mass is 10.3. The fourth-order valence-corrected chi connectivity index (χ4v) is 4.74. The maximum Gasteiger partial charge on any atom is 0.369 e. The molecular weight excluding hydrogens is 340 g/mol. The van der Waals surface area contributed by atoms with E-state index in [0.717, 1.165) is 0 Å². The van der Waals surface area contributed by atoms with Crippen molar-refractivity contribution in [1.82, 2.24) is 0 Å². The molecule has 0 heterocycles. The van der Waals surface area contributed by atoms with Crippen LogP contribution in [0.15, 0.2) is 0 Å². The maximum absolute atomic E-state index is 11.1. The molecule has 0 aromatic heterocycles. The van der Waals surface area contributed by atoms with E-state index in [2.05, 4.69) is 12.6 Å². The Bertz CT molecular complexity index is 367. The highest BCUT2D eigenvalue weighted by molar-refractivity contribution is 7.81. The zero-order valence-electron chi connectivity index (χ0n) is 10.7. The normalized spacial score (nSPS) is 15.8. The van der Waals surface area contributed by atoms with Crippen molar-refractivity contribution in [2.75, 3.05) is 27.7 Å². The molecule has 0 aliphatic carbocycles. The van der Waals surface area contributed by atoms with E-state index in [4.69, 9.17) is 19.6 Å². The van der Waals surface area contributed by atoms with Crippen molar-refractivity contribution in [2.45, 2.75) is 16.8 Å². The molecule has 0 aliphatic rings. The molecule has 0 bridgehead atoms. The van der Waals surface area contributed by atoms with E-state index in [0.29, 0.717) is 4.48 Å². The summed E-state index contributed by atoms with van der Waals surface area (Å²) in [4.78, 5) is 35.8. The molecule has 0 saturated carbocycles. The third kappa shape index (κ3) is 6.44. The SMILES string of the molecule is C[N+](C)(C)CC(S)CC(O)(P(=O)(O)O)P(=O)(O)O.[Cl-]. The summed E-state index contributed by atoms with van der Waals surface area (Å²) in [6.07, 6.45) is -0.805. The second-order valence-corrected chi connectivity index (χ2v) is 9.93. The van der Waals surface area contributed by atoms with E-state index in [1.165, 1.54) is 0 Å². The van der Waals surface area contributed by atoms with Gasteiger partial charge in [-0.05, 0) is 0 Å². The van der Waals surface area contributed by atoms with Crippen molar-refractivity contribution in [3.63, 3.8) is 0 Å². The standard InChI is InChI=1S/C7H19NO7P2S.ClH/c1-8(2,3)5-6(18)4-7(9,16(10,11)12)17(13,14)15;/h6,9H,4-5H2,1-3H3,(H4-,10,11,12,13,14,15,18);1H. The number of halogens is 1. The third-order valence-electron chi connectivity index (χ3n) is 2.20. The second-order valence-electron chi connectivity index (χ2n) is 5.19. The molecule has 0 aromatic rings. The maximum atomic E-state index is 11.1. The molecular formula is C7H20ClNO7P2S. The Morgan fingerprint density at radius 1 is 1.11 bits per heavy atom. The molecule has 0 amide bonds. The van der Waals surface area contributed by atoms with Gasteiger partial charge in [-0.3, -0.25) is 9.13 Å². The number of hydrogen-bond acceptors (Lipinski definition) is 4. The van der Waals surface area contributed by atoms with Crippen LogP contribution in [0.5, 0.6) is 0 Å². The summed E-state index contributed by atoms with van der Waals surface area (Å²) >= 11 is 4.02. The van der Waals surface area contributed by atoms with E-state index in [1.54, 1.807) is 21.1 Å². The summed E-state index contributed by atoms with van der Waals surface area (Å²) in [7, 11) is -5.46. The Balaban J connectivity index is 0. The van der Waals surface area contributed by atoms with Crippen molar-refractivity contribution in [3.8, 4) is 0 Å². The van der Waals surface area contributed by atoms with Crippen LogP contribution in [0.25, 0.3) is 0 Å². The largest absolute Gasteiger partial charge is 1.00 e. The number of aliphatic hydroxyl groups is 1. The first-order valence-electron chi connectivity index (χ1n) is 4.92. The lowest BCUT2D eigenvalue weighted by molar-refractivity contribution is -0.869. The van der Waals surface area contributed by atoms with Crippen molar-refractivity contribution < 1.29 is 50.7 Å². The van der Waals surface area contributed by atoms with Gasteiger partial charge in [-0.15, -0.1) is 0 Å². The van der Waals surface area contributed by atoms with Crippen molar-refractivity contribution in [3.05, 3.63) is 0 Å². The number of hydrogen-bond donors (Lipinski definition) is 6. The average Bonchev–Trinajstić information content (AvgIpc) is 1.94. The predicted octanol–water partition coefficient (Wildman–Crippen LogP) is -3.61. The molecule has 0 aliphatic heterocycles. The Labute approximate surface area is 123 Å². The van der Waals surface area contributed by atoms with Crippen LogP contribution >= 0.6 is 27.8 Å². The highest BCUT2D eigenvalue weighted by Gasteiger charge is 2.60. The van der Waals surface area contributed by atoms with Gasteiger partial charge < -0.3 is 41.6 Å². The number of quaternary nitrogens is 1. The zero-order chi connectivity index (χ0) is 15.0. The van der Waals surface area contributed by atoms with Crippen LogP contribution in [0.3, 0.4) is 0 Å². The summed E-state index contributed by atoms with van der Waals surface area (Å²) in [5.41, 5.74) is 0. The highest BCUT2D eigenvalue weighted by atomic mass is 35.5. The topological polar surface area (TPSA) is 135 Å². The number of nitrogens with zero attached hydrogens (tertiary/aromatic N) is 1. The molecule has 12 heteroatoms. The van der Waals surface area contributed by atoms with Gasteiger partial charge in [-0.2, -0.15) is 12.6 Å². The molecule has 0 saturated heterocycles. The van der Waals surface area contributed by atoms with Crippen LogP contribution in [0.4, 0.5) is 0 Å². The van der Waals surface area contributed by atoms with Gasteiger partial charge in [0.05, 0.1) is 32.9 Å². The van der Waals surface area contributed by atoms with E-state index in [1.807, 2.05) is 0 Å². The lowest BCUT2D eigenvalue weighted by Gasteiger charge is -2.33. The Morgan fingerprint density at radius 3 is 1.63 bits per heavy atom. The molecule has 1 unspecified atom stereocenters. The Morgan fingerprint density at radius 2 is 1.42 bits per heavy atom. The number of thiol groups is 1. The van der Waals surface area contributed by atoms with Crippen LogP contribution in [-0.2, 0) is 9.13 Å². The zero-order valence-corrected chi connectivity index (χ0v) is 14.2. The van der Waals surface area contributed by atoms with Crippen molar-refractivity contribution in [1.29, 1.82) is 0 Å². The van der Waals surface area contributed by atoms with E-state index in [-0.39, 0.29) is 19.0 Å². The third-order valence-corrected chi connectivity index (χ3v) is 6.34. The molecule has 8 nitrogen and oxygen atoms in total. The van der Waals surface area contributed by atoms with E-state index < -0.39 is 31.9 Å². The molecule has 0 radical (unpaired) electrons. The summed E-state index contributed by atoms with van der Waals surface area (Å²) in [6.45, 7) is 0.269. The monoisotopic (exact) mass is 359 g/mol. The molecule has 19 heavy (non-hydrogen) atoms. The Kier molecular flexibility index (Phi) is 7.86. The Hall–Kier alpha value is 0.860. The summed E-state index contributed by atoms with van der Waals surface area (Å²) in [5.74, 6) is 0. The molecule has 0 spiro atoms. The van der Waals surface area contributed by atoms with E-state index >= 15 is 0 Å². The van der Waals surface area contributed by atoms with Gasteiger partial charge in [-0.25, -0.2) is 0 Å². The summed E-state index contributed by atoms with van der Waals surface area (Å²) in [6, 6.07) is 0. The van der Waals surface area contributed by atoms with Gasteiger partial charge in [0, 0.05) is 6.42 Å². The van der Waals surface area contributed by atoms with Crippen LogP contribution in [0.2, 0.25) is 0 Å². The van der Waals surface area contributed by atoms with Crippen molar-refractivity contribution >= 4 is 27.8 Å². The van der Waals surface area contributed by atoms with Crippen molar-refractivity contribution in [2.24, 2.45) is 0 Å². The van der Waals surface area contributed by atoms with Gasteiger partial charge >= 0.3 is 15.2 Å². The van der Waals surface area contributed by atoms with Crippen LogP contribution < -0.4 is 12.4 Å². The van der Waals surface area contributed by atoms with Crippen LogP contribution in [-0.4, -0.2) is 67.2 Å². The quantitative estimate of drug-likeness (QED) is 0.164. The minimum Gasteiger partial charge on any atom is -1.00 e. The smallest absolute Gasteiger partial charge is 0.369 e. The predicted molar refractivity (Wildman–Crippen MR) is 69.3 cm³/mol. The second kappa shape index (κ2) is 6.75. The lowest BCUT2D eigenvalue weighted by Crippen LogP contribution is -3.00. The first kappa shape index (κ1) is 22.1. The average molecular weight is 360 g/mol. The van der Waals surface area contributed by atoms with Crippen LogP contribution in [0.1, 0.15) is 6.42 Å². The van der Waals surface area contributed by atoms with Gasteiger partial charge in [-0.1, -0.05) is 0 Å². The minimum absolute atomic E-state index is 0. The first-order chi connectivity index (χ1) is 7.60. The minimum atomic E-state index is -5.39. The number of rotatable bonds is 6. The molecule has 5 N–H and O–H groups in total. The van der Waals surface area contributed by atoms with E-state index in [9.17, 15) is 14.2 Å². The molecule has 1 atom stereocenters. The van der Waals surface area contributed by atoms with Crippen LogP contribution in [0, 0.1) is 0 Å². The summed E-state index contributed by atoms with van der Waals surface area (Å²) < 4.78 is 22.6.